The summed E-state index contributed by atoms with van der Waals surface area (Å²) in [6.45, 7) is 6.57. The minimum atomic E-state index is -0.497. The first-order chi connectivity index (χ1) is 11.5. The Morgan fingerprint density at radius 1 is 1.38 bits per heavy atom. The van der Waals surface area contributed by atoms with Crippen molar-refractivity contribution in [3.63, 3.8) is 0 Å². The van der Waals surface area contributed by atoms with Gasteiger partial charge in [-0.3, -0.25) is 9.59 Å². The molecule has 24 heavy (non-hydrogen) atoms. The Morgan fingerprint density at radius 2 is 2.21 bits per heavy atom. The van der Waals surface area contributed by atoms with Crippen molar-refractivity contribution in [2.75, 3.05) is 26.2 Å². The van der Waals surface area contributed by atoms with Crippen LogP contribution in [0, 0.1) is 5.41 Å². The van der Waals surface area contributed by atoms with Gasteiger partial charge in [0.1, 0.15) is 5.75 Å². The van der Waals surface area contributed by atoms with Crippen LogP contribution in [-0.2, 0) is 11.2 Å². The molecule has 1 N–H and O–H groups in total. The van der Waals surface area contributed by atoms with Crippen LogP contribution in [0.2, 0.25) is 0 Å². The molecule has 2 amide bonds. The van der Waals surface area contributed by atoms with Gasteiger partial charge in [-0.25, -0.2) is 0 Å². The van der Waals surface area contributed by atoms with Crippen molar-refractivity contribution >= 4 is 11.8 Å². The van der Waals surface area contributed by atoms with E-state index in [-0.39, 0.29) is 11.8 Å². The van der Waals surface area contributed by atoms with Gasteiger partial charge in [0.15, 0.2) is 0 Å². The molecule has 1 atom stereocenters. The van der Waals surface area contributed by atoms with Crippen LogP contribution in [0.4, 0.5) is 0 Å². The van der Waals surface area contributed by atoms with E-state index in [1.54, 1.807) is 0 Å². The summed E-state index contributed by atoms with van der Waals surface area (Å²) in [5.41, 5.74) is 1.29. The summed E-state index contributed by atoms with van der Waals surface area (Å²) in [6.07, 6.45) is 3.45. The normalized spacial score (nSPS) is 22.7. The average Bonchev–Trinajstić information content (AvgIpc) is 3.06. The van der Waals surface area contributed by atoms with Gasteiger partial charge in [0.2, 0.25) is 5.91 Å². The van der Waals surface area contributed by atoms with Crippen LogP contribution in [0.3, 0.4) is 0 Å². The number of nitrogens with one attached hydrogen (secondary N) is 1. The first-order valence-corrected chi connectivity index (χ1v) is 8.87. The van der Waals surface area contributed by atoms with Crippen LogP contribution >= 0.6 is 0 Å². The Bertz CT molecular complexity index is 643. The number of carbonyl (C=O) groups excluding carboxylic acids is 2. The second-order valence-electron chi connectivity index (χ2n) is 7.07. The third-order valence-electron chi connectivity index (χ3n) is 5.00. The van der Waals surface area contributed by atoms with E-state index in [4.69, 9.17) is 4.74 Å². The first kappa shape index (κ1) is 16.8. The third-order valence-corrected chi connectivity index (χ3v) is 5.00. The van der Waals surface area contributed by atoms with E-state index in [0.717, 1.165) is 37.0 Å². The first-order valence-electron chi connectivity index (χ1n) is 8.87. The summed E-state index contributed by atoms with van der Waals surface area (Å²) in [6, 6.07) is 5.65. The molecule has 5 heteroatoms. The molecule has 1 aromatic carbocycles. The minimum absolute atomic E-state index is 0.0129. The predicted molar refractivity (Wildman–Crippen MR) is 92.2 cm³/mol. The summed E-state index contributed by atoms with van der Waals surface area (Å²) in [4.78, 5) is 27.2. The Morgan fingerprint density at radius 3 is 3.00 bits per heavy atom. The number of piperidine rings is 1. The van der Waals surface area contributed by atoms with E-state index in [1.165, 1.54) is 0 Å². The van der Waals surface area contributed by atoms with Crippen molar-refractivity contribution in [3.8, 4) is 5.75 Å². The Labute approximate surface area is 143 Å². The van der Waals surface area contributed by atoms with Crippen molar-refractivity contribution in [1.82, 2.24) is 10.2 Å². The molecule has 5 nitrogen and oxygen atoms in total. The number of likely N-dealkylation sites (tertiary alicyclic amines) is 1. The standard InChI is InChI=1S/C19H26N2O3/c1-3-9-20-18(23)19(2)8-4-10-21(13-19)17(22)15-5-6-16-14(12-15)7-11-24-16/h5-6,12H,3-4,7-11,13H2,1-2H3,(H,20,23). The van der Waals surface area contributed by atoms with Crippen LogP contribution in [0.15, 0.2) is 18.2 Å². The van der Waals surface area contributed by atoms with Crippen molar-refractivity contribution in [1.29, 1.82) is 0 Å². The van der Waals surface area contributed by atoms with E-state index in [2.05, 4.69) is 5.32 Å². The van der Waals surface area contributed by atoms with Gasteiger partial charge in [-0.05, 0) is 49.9 Å². The van der Waals surface area contributed by atoms with E-state index in [0.29, 0.717) is 31.8 Å². The lowest BCUT2D eigenvalue weighted by Gasteiger charge is -2.39. The maximum Gasteiger partial charge on any atom is 0.253 e. The fourth-order valence-corrected chi connectivity index (χ4v) is 3.55. The van der Waals surface area contributed by atoms with Gasteiger partial charge >= 0.3 is 0 Å². The minimum Gasteiger partial charge on any atom is -0.493 e. The highest BCUT2D eigenvalue weighted by atomic mass is 16.5. The lowest BCUT2D eigenvalue weighted by molar-refractivity contribution is -0.132. The SMILES string of the molecule is CCCNC(=O)C1(C)CCCN(C(=O)c2ccc3c(c2)CCO3)C1. The van der Waals surface area contributed by atoms with Gasteiger partial charge in [0.25, 0.3) is 5.91 Å². The number of ether oxygens (including phenoxy) is 1. The highest BCUT2D eigenvalue weighted by Crippen LogP contribution is 2.32. The number of benzene rings is 1. The number of fused-ring (bicyclic) bond motifs is 1. The van der Waals surface area contributed by atoms with Crippen molar-refractivity contribution in [3.05, 3.63) is 29.3 Å². The molecular weight excluding hydrogens is 304 g/mol. The molecule has 0 radical (unpaired) electrons. The third kappa shape index (κ3) is 3.25. The largest absolute Gasteiger partial charge is 0.493 e. The van der Waals surface area contributed by atoms with Gasteiger partial charge in [-0.15, -0.1) is 0 Å². The summed E-state index contributed by atoms with van der Waals surface area (Å²) >= 11 is 0. The molecule has 0 saturated carbocycles. The zero-order chi connectivity index (χ0) is 17.2. The molecular formula is C19H26N2O3. The molecule has 0 aromatic heterocycles. The Kier molecular flexibility index (Phi) is 4.78. The molecule has 2 aliphatic heterocycles. The molecule has 1 aromatic rings. The Balaban J connectivity index is 1.72. The van der Waals surface area contributed by atoms with Gasteiger partial charge in [-0.2, -0.15) is 0 Å². The van der Waals surface area contributed by atoms with Crippen LogP contribution < -0.4 is 10.1 Å². The highest BCUT2D eigenvalue weighted by Gasteiger charge is 2.39. The molecule has 0 aliphatic carbocycles. The second-order valence-corrected chi connectivity index (χ2v) is 7.07. The number of rotatable bonds is 4. The summed E-state index contributed by atoms with van der Waals surface area (Å²) < 4.78 is 5.50. The monoisotopic (exact) mass is 330 g/mol. The predicted octanol–water partition coefficient (Wildman–Crippen LogP) is 2.39. The second kappa shape index (κ2) is 6.83. The van der Waals surface area contributed by atoms with E-state index < -0.39 is 5.41 Å². The van der Waals surface area contributed by atoms with Crippen LogP contribution in [0.1, 0.15) is 49.0 Å². The van der Waals surface area contributed by atoms with Crippen LogP contribution in [0.25, 0.3) is 0 Å². The van der Waals surface area contributed by atoms with E-state index in [1.807, 2.05) is 36.9 Å². The topological polar surface area (TPSA) is 58.6 Å². The smallest absolute Gasteiger partial charge is 0.253 e. The molecule has 0 spiro atoms. The molecule has 1 saturated heterocycles. The molecule has 2 heterocycles. The molecule has 0 bridgehead atoms. The summed E-state index contributed by atoms with van der Waals surface area (Å²) in [5.74, 6) is 0.956. The van der Waals surface area contributed by atoms with Crippen molar-refractivity contribution in [2.24, 2.45) is 5.41 Å². The van der Waals surface area contributed by atoms with Crippen LogP contribution in [-0.4, -0.2) is 43.0 Å². The average molecular weight is 330 g/mol. The van der Waals surface area contributed by atoms with Gasteiger partial charge in [-0.1, -0.05) is 6.92 Å². The lowest BCUT2D eigenvalue weighted by atomic mass is 9.80. The fraction of sp³-hybridized carbons (Fsp3) is 0.579. The van der Waals surface area contributed by atoms with Crippen molar-refractivity contribution < 1.29 is 14.3 Å². The summed E-state index contributed by atoms with van der Waals surface area (Å²) in [7, 11) is 0. The quantitative estimate of drug-likeness (QED) is 0.922. The lowest BCUT2D eigenvalue weighted by Crippen LogP contribution is -2.52. The zero-order valence-electron chi connectivity index (χ0n) is 14.6. The highest BCUT2D eigenvalue weighted by molar-refractivity contribution is 5.95. The number of nitrogens with zero attached hydrogens (tertiary/aromatic N) is 1. The maximum absolute atomic E-state index is 12.9. The zero-order valence-corrected chi connectivity index (χ0v) is 14.6. The number of hydrogen-bond acceptors (Lipinski definition) is 3. The maximum atomic E-state index is 12.9. The number of hydrogen-bond donors (Lipinski definition) is 1. The van der Waals surface area contributed by atoms with Gasteiger partial charge < -0.3 is 15.0 Å². The molecule has 1 fully saturated rings. The van der Waals surface area contributed by atoms with Crippen LogP contribution in [0.5, 0.6) is 5.75 Å². The molecule has 3 rings (SSSR count). The molecule has 1 unspecified atom stereocenters. The van der Waals surface area contributed by atoms with Gasteiger partial charge in [0.05, 0.1) is 12.0 Å². The van der Waals surface area contributed by atoms with E-state index >= 15 is 0 Å². The van der Waals surface area contributed by atoms with Gasteiger partial charge in [0, 0.05) is 31.6 Å². The van der Waals surface area contributed by atoms with Crippen molar-refractivity contribution in [2.45, 2.75) is 39.5 Å². The fourth-order valence-electron chi connectivity index (χ4n) is 3.55. The Hall–Kier alpha value is -2.04. The molecule has 130 valence electrons. The molecule has 2 aliphatic rings. The van der Waals surface area contributed by atoms with E-state index in [9.17, 15) is 9.59 Å². The summed E-state index contributed by atoms with van der Waals surface area (Å²) in [5, 5.41) is 2.98. The number of carbonyl (C=O) groups is 2. The number of amides is 2.